The molecule has 0 heterocycles. The third kappa shape index (κ3) is 3.89. The Morgan fingerprint density at radius 1 is 1.47 bits per heavy atom. The third-order valence-corrected chi connectivity index (χ3v) is 2.89. The van der Waals surface area contributed by atoms with Crippen molar-refractivity contribution in [3.63, 3.8) is 0 Å². The van der Waals surface area contributed by atoms with Crippen LogP contribution in [0.15, 0.2) is 18.2 Å². The number of carbonyl (C=O) groups excluding carboxylic acids is 1. The average molecular weight is 257 g/mol. The van der Waals surface area contributed by atoms with E-state index < -0.39 is 5.82 Å². The summed E-state index contributed by atoms with van der Waals surface area (Å²) < 4.78 is 13.3. The summed E-state index contributed by atoms with van der Waals surface area (Å²) in [5.74, 6) is 0.0740. The molecule has 0 atom stereocenters. The first-order valence-electron chi connectivity index (χ1n) is 5.61. The second-order valence-corrected chi connectivity index (χ2v) is 4.66. The van der Waals surface area contributed by atoms with E-state index in [9.17, 15) is 9.18 Å². The topological polar surface area (TPSA) is 41.1 Å². The number of halogens is 2. The van der Waals surface area contributed by atoms with Gasteiger partial charge in [-0.2, -0.15) is 0 Å². The van der Waals surface area contributed by atoms with Gasteiger partial charge in [0.2, 0.25) is 5.91 Å². The molecule has 1 fully saturated rings. The van der Waals surface area contributed by atoms with Gasteiger partial charge >= 0.3 is 0 Å². The summed E-state index contributed by atoms with van der Waals surface area (Å²) in [6, 6.07) is 4.31. The first kappa shape index (κ1) is 12.2. The van der Waals surface area contributed by atoms with Crippen LogP contribution in [0.2, 0.25) is 5.02 Å². The fraction of sp³-hybridized carbons (Fsp3) is 0.417. The highest BCUT2D eigenvalue weighted by Gasteiger charge is 2.21. The molecule has 2 rings (SSSR count). The van der Waals surface area contributed by atoms with Gasteiger partial charge in [-0.05, 0) is 37.0 Å². The molecule has 0 bridgehead atoms. The van der Waals surface area contributed by atoms with E-state index in [4.69, 9.17) is 11.6 Å². The zero-order valence-corrected chi connectivity index (χ0v) is 10.1. The minimum absolute atomic E-state index is 0.0747. The summed E-state index contributed by atoms with van der Waals surface area (Å²) >= 11 is 5.62. The monoisotopic (exact) mass is 256 g/mol. The fourth-order valence-corrected chi connectivity index (χ4v) is 1.61. The maximum atomic E-state index is 13.3. The number of carbonyl (C=O) groups is 1. The molecule has 0 unspecified atom stereocenters. The molecule has 1 aliphatic rings. The number of anilines is 1. The van der Waals surface area contributed by atoms with Gasteiger partial charge < -0.3 is 10.6 Å². The van der Waals surface area contributed by atoms with Gasteiger partial charge in [0.1, 0.15) is 5.82 Å². The van der Waals surface area contributed by atoms with Crippen molar-refractivity contribution in [1.29, 1.82) is 0 Å². The molecule has 1 amide bonds. The van der Waals surface area contributed by atoms with Crippen molar-refractivity contribution in [3.05, 3.63) is 29.0 Å². The normalized spacial score (nSPS) is 14.5. The van der Waals surface area contributed by atoms with Crippen LogP contribution in [-0.4, -0.2) is 19.0 Å². The number of nitrogens with one attached hydrogen (secondary N) is 2. The minimum Gasteiger partial charge on any atom is -0.374 e. The zero-order valence-electron chi connectivity index (χ0n) is 9.30. The van der Waals surface area contributed by atoms with E-state index in [1.807, 2.05) is 0 Å². The van der Waals surface area contributed by atoms with Gasteiger partial charge in [0.05, 0.1) is 12.2 Å². The molecule has 2 N–H and O–H groups in total. The quantitative estimate of drug-likeness (QED) is 0.850. The molecule has 1 aromatic rings. The standard InChI is InChI=1S/C12H14ClFN2O/c13-9-3-4-11(10(14)5-9)15-7-12(17)16-6-8-1-2-8/h3-5,8,15H,1-2,6-7H2,(H,16,17). The molecule has 0 radical (unpaired) electrons. The molecule has 0 aromatic heterocycles. The number of hydrogen-bond donors (Lipinski definition) is 2. The lowest BCUT2D eigenvalue weighted by atomic mass is 10.3. The van der Waals surface area contributed by atoms with Gasteiger partial charge in [-0.15, -0.1) is 0 Å². The molecule has 92 valence electrons. The Labute approximate surface area is 104 Å². The lowest BCUT2D eigenvalue weighted by molar-refractivity contribution is -0.119. The molecule has 17 heavy (non-hydrogen) atoms. The molecule has 0 saturated heterocycles. The largest absolute Gasteiger partial charge is 0.374 e. The fourth-order valence-electron chi connectivity index (χ4n) is 1.45. The maximum absolute atomic E-state index is 13.3. The number of benzene rings is 1. The van der Waals surface area contributed by atoms with Crippen LogP contribution >= 0.6 is 11.6 Å². The summed E-state index contributed by atoms with van der Waals surface area (Å²) in [6.07, 6.45) is 2.39. The molecule has 5 heteroatoms. The van der Waals surface area contributed by atoms with Crippen molar-refractivity contribution in [3.8, 4) is 0 Å². The summed E-state index contributed by atoms with van der Waals surface area (Å²) in [5, 5.41) is 5.87. The third-order valence-electron chi connectivity index (χ3n) is 2.66. The predicted molar refractivity (Wildman–Crippen MR) is 65.6 cm³/mol. The lowest BCUT2D eigenvalue weighted by Crippen LogP contribution is -2.31. The second kappa shape index (κ2) is 5.36. The van der Waals surface area contributed by atoms with Gasteiger partial charge in [0.25, 0.3) is 0 Å². The van der Waals surface area contributed by atoms with Crippen molar-refractivity contribution in [2.45, 2.75) is 12.8 Å². The van der Waals surface area contributed by atoms with E-state index in [1.54, 1.807) is 6.07 Å². The van der Waals surface area contributed by atoms with E-state index in [0.717, 1.165) is 6.54 Å². The van der Waals surface area contributed by atoms with E-state index in [0.29, 0.717) is 10.9 Å². The van der Waals surface area contributed by atoms with Crippen molar-refractivity contribution in [2.75, 3.05) is 18.4 Å². The Hall–Kier alpha value is -1.29. The van der Waals surface area contributed by atoms with Crippen molar-refractivity contribution < 1.29 is 9.18 Å². The molecule has 1 saturated carbocycles. The number of rotatable bonds is 5. The average Bonchev–Trinajstić information content (AvgIpc) is 3.09. The Bertz CT molecular complexity index is 421. The maximum Gasteiger partial charge on any atom is 0.239 e. The molecule has 1 aromatic carbocycles. The highest BCUT2D eigenvalue weighted by Crippen LogP contribution is 2.27. The van der Waals surface area contributed by atoms with E-state index in [2.05, 4.69) is 10.6 Å². The molecule has 0 aliphatic heterocycles. The van der Waals surface area contributed by atoms with Crippen molar-refractivity contribution >= 4 is 23.2 Å². The number of hydrogen-bond acceptors (Lipinski definition) is 2. The Morgan fingerprint density at radius 2 is 2.24 bits per heavy atom. The zero-order chi connectivity index (χ0) is 12.3. The molecule has 1 aliphatic carbocycles. The Morgan fingerprint density at radius 3 is 2.88 bits per heavy atom. The van der Waals surface area contributed by atoms with Gasteiger partial charge in [0.15, 0.2) is 0 Å². The van der Waals surface area contributed by atoms with Crippen LogP contribution in [0.1, 0.15) is 12.8 Å². The second-order valence-electron chi connectivity index (χ2n) is 4.23. The summed E-state index contributed by atoms with van der Waals surface area (Å²) in [5.41, 5.74) is 0.288. The minimum atomic E-state index is -0.451. The van der Waals surface area contributed by atoms with E-state index in [-0.39, 0.29) is 18.1 Å². The predicted octanol–water partition coefficient (Wildman–Crippen LogP) is 2.42. The Kier molecular flexibility index (Phi) is 3.84. The van der Waals surface area contributed by atoms with E-state index >= 15 is 0 Å². The first-order chi connectivity index (χ1) is 8.15. The highest BCUT2D eigenvalue weighted by atomic mass is 35.5. The van der Waals surface area contributed by atoms with Gasteiger partial charge in [-0.1, -0.05) is 11.6 Å². The van der Waals surface area contributed by atoms with Crippen LogP contribution in [0.5, 0.6) is 0 Å². The smallest absolute Gasteiger partial charge is 0.239 e. The van der Waals surface area contributed by atoms with E-state index in [1.165, 1.54) is 25.0 Å². The Balaban J connectivity index is 1.77. The molecule has 0 spiro atoms. The molecule has 3 nitrogen and oxygen atoms in total. The van der Waals surface area contributed by atoms with Crippen LogP contribution < -0.4 is 10.6 Å². The summed E-state index contributed by atoms with van der Waals surface area (Å²) in [7, 11) is 0. The summed E-state index contributed by atoms with van der Waals surface area (Å²) in [6.45, 7) is 0.800. The van der Waals surface area contributed by atoms with Crippen LogP contribution in [-0.2, 0) is 4.79 Å². The lowest BCUT2D eigenvalue weighted by Gasteiger charge is -2.08. The van der Waals surface area contributed by atoms with Gasteiger partial charge in [0, 0.05) is 11.6 Å². The van der Waals surface area contributed by atoms with Crippen LogP contribution in [0.4, 0.5) is 10.1 Å². The SMILES string of the molecule is O=C(CNc1ccc(Cl)cc1F)NCC1CC1. The van der Waals surface area contributed by atoms with Gasteiger partial charge in [-0.25, -0.2) is 4.39 Å². The number of amides is 1. The molecular formula is C12H14ClFN2O. The molecular weight excluding hydrogens is 243 g/mol. The van der Waals surface area contributed by atoms with Crippen LogP contribution in [0, 0.1) is 11.7 Å². The van der Waals surface area contributed by atoms with Crippen LogP contribution in [0.3, 0.4) is 0 Å². The summed E-state index contributed by atoms with van der Waals surface area (Å²) in [4.78, 5) is 11.4. The van der Waals surface area contributed by atoms with Gasteiger partial charge in [-0.3, -0.25) is 4.79 Å². The first-order valence-corrected chi connectivity index (χ1v) is 5.98. The van der Waals surface area contributed by atoms with Crippen LogP contribution in [0.25, 0.3) is 0 Å². The van der Waals surface area contributed by atoms with Crippen molar-refractivity contribution in [1.82, 2.24) is 5.32 Å². The highest BCUT2D eigenvalue weighted by molar-refractivity contribution is 6.30. The van der Waals surface area contributed by atoms with Crippen molar-refractivity contribution in [2.24, 2.45) is 5.92 Å².